The molecular weight excluding hydrogens is 436 g/mol. The van der Waals surface area contributed by atoms with E-state index in [2.05, 4.69) is 0 Å². The number of fused-ring (bicyclic) bond motifs is 1. The summed E-state index contributed by atoms with van der Waals surface area (Å²) in [4.78, 5) is 31.3. The van der Waals surface area contributed by atoms with E-state index in [-0.39, 0.29) is 18.4 Å². The molecule has 2 aromatic carbocycles. The third-order valence-electron chi connectivity index (χ3n) is 6.06. The normalized spacial score (nSPS) is 18.1. The van der Waals surface area contributed by atoms with E-state index in [0.717, 1.165) is 22.2 Å². The second kappa shape index (κ2) is 8.80. The molecule has 2 saturated heterocycles. The van der Waals surface area contributed by atoms with E-state index in [0.29, 0.717) is 37.1 Å². The second-order valence-corrected chi connectivity index (χ2v) is 8.44. The standard InChI is InChI=1S/C25H24N4O3S/c1-26-22(24(31)29(25(26)33)19-7-3-2-4-8-19)15-18-16-28(21-10-6-5-9-20(18)21)17-23(30)27-11-13-32-14-12-27/h2-10,15-16H,11-14,17H2,1H3/b22-15-. The highest BCUT2D eigenvalue weighted by molar-refractivity contribution is 7.80. The number of nitrogens with zero attached hydrogens (tertiary/aromatic N) is 4. The number of carbonyl (C=O) groups excluding carboxylic acids is 2. The number of hydrogen-bond acceptors (Lipinski definition) is 4. The zero-order valence-electron chi connectivity index (χ0n) is 18.3. The van der Waals surface area contributed by atoms with E-state index >= 15 is 0 Å². The SMILES string of the molecule is CN1C(=S)N(c2ccccc2)C(=O)/C1=C/c1cn(CC(=O)N2CCOCC2)c2ccccc12. The number of benzene rings is 2. The molecule has 7 nitrogen and oxygen atoms in total. The molecule has 0 bridgehead atoms. The van der Waals surface area contributed by atoms with Crippen molar-refractivity contribution in [3.63, 3.8) is 0 Å². The summed E-state index contributed by atoms with van der Waals surface area (Å²) < 4.78 is 7.31. The van der Waals surface area contributed by atoms with Crippen LogP contribution >= 0.6 is 12.2 Å². The van der Waals surface area contributed by atoms with Crippen molar-refractivity contribution in [1.29, 1.82) is 0 Å². The molecule has 8 heteroatoms. The van der Waals surface area contributed by atoms with Crippen LogP contribution in [0.4, 0.5) is 5.69 Å². The summed E-state index contributed by atoms with van der Waals surface area (Å²) in [5.74, 6) is -0.112. The van der Waals surface area contributed by atoms with E-state index < -0.39 is 0 Å². The number of morpholine rings is 1. The molecule has 168 valence electrons. The fourth-order valence-electron chi connectivity index (χ4n) is 4.29. The first-order valence-electron chi connectivity index (χ1n) is 10.9. The molecule has 3 heterocycles. The number of anilines is 1. The Morgan fingerprint density at radius 3 is 2.52 bits per heavy atom. The molecule has 0 saturated carbocycles. The minimum absolute atomic E-state index is 0.0590. The van der Waals surface area contributed by atoms with Gasteiger partial charge < -0.3 is 19.1 Å². The van der Waals surface area contributed by atoms with Crippen LogP contribution in [0.25, 0.3) is 17.0 Å². The Kier molecular flexibility index (Phi) is 5.70. The highest BCUT2D eigenvalue weighted by Gasteiger charge is 2.36. The Labute approximate surface area is 197 Å². The molecule has 33 heavy (non-hydrogen) atoms. The predicted molar refractivity (Wildman–Crippen MR) is 132 cm³/mol. The summed E-state index contributed by atoms with van der Waals surface area (Å²) in [7, 11) is 1.80. The third kappa shape index (κ3) is 3.92. The Bertz CT molecular complexity index is 1260. The van der Waals surface area contributed by atoms with Crippen LogP contribution in [0.5, 0.6) is 0 Å². The summed E-state index contributed by atoms with van der Waals surface area (Å²) in [5.41, 5.74) is 3.04. The maximum absolute atomic E-state index is 13.3. The molecule has 2 amide bonds. The highest BCUT2D eigenvalue weighted by Crippen LogP contribution is 2.30. The Hall–Kier alpha value is -3.49. The molecule has 0 N–H and O–H groups in total. The van der Waals surface area contributed by atoms with Crippen molar-refractivity contribution >= 4 is 51.8 Å². The lowest BCUT2D eigenvalue weighted by atomic mass is 10.1. The van der Waals surface area contributed by atoms with Crippen molar-refractivity contribution in [2.45, 2.75) is 6.54 Å². The highest BCUT2D eigenvalue weighted by atomic mass is 32.1. The molecule has 1 aromatic heterocycles. The van der Waals surface area contributed by atoms with Crippen molar-refractivity contribution in [3.8, 4) is 0 Å². The van der Waals surface area contributed by atoms with Gasteiger partial charge in [-0.1, -0.05) is 36.4 Å². The smallest absolute Gasteiger partial charge is 0.281 e. The quantitative estimate of drug-likeness (QED) is 0.442. The number of rotatable bonds is 4. The van der Waals surface area contributed by atoms with Gasteiger partial charge in [0.25, 0.3) is 5.91 Å². The molecule has 0 aliphatic carbocycles. The van der Waals surface area contributed by atoms with Gasteiger partial charge >= 0.3 is 0 Å². The number of hydrogen-bond donors (Lipinski definition) is 0. The lowest BCUT2D eigenvalue weighted by Gasteiger charge is -2.27. The first-order chi connectivity index (χ1) is 16.0. The number of ether oxygens (including phenoxy) is 1. The van der Waals surface area contributed by atoms with Gasteiger partial charge in [0.2, 0.25) is 5.91 Å². The minimum Gasteiger partial charge on any atom is -0.378 e. The van der Waals surface area contributed by atoms with Gasteiger partial charge in [-0.05, 0) is 36.5 Å². The van der Waals surface area contributed by atoms with E-state index in [4.69, 9.17) is 17.0 Å². The molecule has 0 spiro atoms. The van der Waals surface area contributed by atoms with Crippen molar-refractivity contribution in [2.75, 3.05) is 38.3 Å². The number of likely N-dealkylation sites (N-methyl/N-ethyl adjacent to an activating group) is 1. The van der Waals surface area contributed by atoms with Gasteiger partial charge in [-0.3, -0.25) is 14.5 Å². The lowest BCUT2D eigenvalue weighted by molar-refractivity contribution is -0.135. The van der Waals surface area contributed by atoms with Crippen LogP contribution in [0, 0.1) is 0 Å². The van der Waals surface area contributed by atoms with Crippen LogP contribution < -0.4 is 4.90 Å². The van der Waals surface area contributed by atoms with Gasteiger partial charge in [-0.25, -0.2) is 0 Å². The molecule has 5 rings (SSSR count). The summed E-state index contributed by atoms with van der Waals surface area (Å²) in [5, 5.41) is 1.41. The van der Waals surface area contributed by atoms with E-state index in [9.17, 15) is 9.59 Å². The van der Waals surface area contributed by atoms with Crippen LogP contribution in [0.3, 0.4) is 0 Å². The fraction of sp³-hybridized carbons (Fsp3) is 0.240. The van der Waals surface area contributed by atoms with Crippen LogP contribution in [-0.2, 0) is 20.9 Å². The van der Waals surface area contributed by atoms with Crippen LogP contribution in [0.2, 0.25) is 0 Å². The molecular formula is C25H24N4O3S. The molecule has 2 fully saturated rings. The van der Waals surface area contributed by atoms with Crippen molar-refractivity contribution in [2.24, 2.45) is 0 Å². The molecule has 2 aliphatic rings. The topological polar surface area (TPSA) is 58.0 Å². The fourth-order valence-corrected chi connectivity index (χ4v) is 4.57. The number of para-hydroxylation sites is 2. The summed E-state index contributed by atoms with van der Waals surface area (Å²) >= 11 is 5.57. The molecule has 3 aromatic rings. The number of amides is 2. The molecule has 0 radical (unpaired) electrons. The minimum atomic E-state index is -0.171. The Morgan fingerprint density at radius 1 is 1.06 bits per heavy atom. The lowest BCUT2D eigenvalue weighted by Crippen LogP contribution is -2.42. The van der Waals surface area contributed by atoms with Gasteiger partial charge in [0, 0.05) is 42.8 Å². The largest absolute Gasteiger partial charge is 0.378 e. The van der Waals surface area contributed by atoms with Gasteiger partial charge in [-0.2, -0.15) is 0 Å². The van der Waals surface area contributed by atoms with Gasteiger partial charge in [-0.15, -0.1) is 0 Å². The number of thiocarbonyl (C=S) groups is 1. The van der Waals surface area contributed by atoms with E-state index in [1.165, 1.54) is 0 Å². The average molecular weight is 461 g/mol. The second-order valence-electron chi connectivity index (χ2n) is 8.07. The zero-order chi connectivity index (χ0) is 22.9. The Morgan fingerprint density at radius 2 is 1.76 bits per heavy atom. The number of aromatic nitrogens is 1. The maximum atomic E-state index is 13.3. The van der Waals surface area contributed by atoms with Crippen molar-refractivity contribution in [3.05, 3.63) is 72.1 Å². The van der Waals surface area contributed by atoms with Crippen LogP contribution in [-0.4, -0.2) is 64.6 Å². The molecule has 2 aliphatic heterocycles. The first-order valence-corrected chi connectivity index (χ1v) is 11.3. The summed E-state index contributed by atoms with van der Waals surface area (Å²) in [6.45, 7) is 2.60. The molecule has 0 unspecified atom stereocenters. The van der Waals surface area contributed by atoms with Crippen molar-refractivity contribution < 1.29 is 14.3 Å². The average Bonchev–Trinajstić information content (AvgIpc) is 3.30. The van der Waals surface area contributed by atoms with Crippen LogP contribution in [0.15, 0.2) is 66.5 Å². The van der Waals surface area contributed by atoms with Gasteiger partial charge in [0.1, 0.15) is 12.2 Å². The van der Waals surface area contributed by atoms with E-state index in [1.807, 2.05) is 76.3 Å². The summed E-state index contributed by atoms with van der Waals surface area (Å²) in [6, 6.07) is 17.3. The summed E-state index contributed by atoms with van der Waals surface area (Å²) in [6.07, 6.45) is 3.79. The zero-order valence-corrected chi connectivity index (χ0v) is 19.1. The van der Waals surface area contributed by atoms with Gasteiger partial charge in [0.15, 0.2) is 5.11 Å². The third-order valence-corrected chi connectivity index (χ3v) is 6.51. The van der Waals surface area contributed by atoms with Crippen LogP contribution in [0.1, 0.15) is 5.56 Å². The first kappa shape index (κ1) is 21.4. The van der Waals surface area contributed by atoms with Gasteiger partial charge in [0.05, 0.1) is 18.9 Å². The van der Waals surface area contributed by atoms with E-state index in [1.54, 1.807) is 16.8 Å². The molecule has 0 atom stereocenters. The van der Waals surface area contributed by atoms with Crippen molar-refractivity contribution in [1.82, 2.24) is 14.4 Å². The monoisotopic (exact) mass is 460 g/mol. The maximum Gasteiger partial charge on any atom is 0.281 e. The number of carbonyl (C=O) groups is 2. The predicted octanol–water partition coefficient (Wildman–Crippen LogP) is 3.10. The Balaban J connectivity index is 1.49.